The van der Waals surface area contributed by atoms with Crippen LogP contribution in [0.4, 0.5) is 0 Å². The number of hydrogen-bond donors (Lipinski definition) is 0. The molecule has 4 heterocycles. The first-order chi connectivity index (χ1) is 21.2. The van der Waals surface area contributed by atoms with Crippen LogP contribution >= 0.6 is 0 Å². The molecule has 7 nitrogen and oxygen atoms in total. The molecule has 7 heteroatoms. The van der Waals surface area contributed by atoms with Crippen LogP contribution in [0.5, 0.6) is 0 Å². The molecule has 0 aliphatic rings. The highest BCUT2D eigenvalue weighted by molar-refractivity contribution is 6.20. The van der Waals surface area contributed by atoms with Crippen molar-refractivity contribution in [3.63, 3.8) is 0 Å². The van der Waals surface area contributed by atoms with Gasteiger partial charge in [0, 0.05) is 32.5 Å². The number of benzene rings is 5. The lowest BCUT2D eigenvalue weighted by Crippen LogP contribution is -1.93. The van der Waals surface area contributed by atoms with Crippen molar-refractivity contribution in [3.8, 4) is 34.4 Å². The minimum Gasteiger partial charge on any atom is -0.456 e. The Kier molecular flexibility index (Phi) is 4.62. The van der Waals surface area contributed by atoms with Gasteiger partial charge in [-0.25, -0.2) is 4.98 Å². The van der Waals surface area contributed by atoms with Gasteiger partial charge >= 0.3 is 0 Å². The second-order valence-corrected chi connectivity index (χ2v) is 10.4. The summed E-state index contributed by atoms with van der Waals surface area (Å²) >= 11 is 0. The number of nitriles is 2. The Balaban J connectivity index is 1.47. The molecule has 0 atom stereocenters. The van der Waals surface area contributed by atoms with E-state index in [1.54, 1.807) is 0 Å². The Labute approximate surface area is 242 Å². The largest absolute Gasteiger partial charge is 0.456 e. The average Bonchev–Trinajstić information content (AvgIpc) is 3.74. The van der Waals surface area contributed by atoms with Crippen LogP contribution in [0.3, 0.4) is 0 Å². The molecule has 5 aromatic carbocycles. The standard InChI is InChI=1S/C36H16N4O3/c37-17-26-34-25-16-19(20-9-5-13-29-32(20)22-7-1-3-11-27(22)41-29)15-24(35(25)43-36(34)40-31(18-38)39-26)21-10-6-14-30-33(21)23-8-2-4-12-28(23)42-30/h1-16H. The van der Waals surface area contributed by atoms with Gasteiger partial charge in [0.2, 0.25) is 11.5 Å². The normalized spacial score (nSPS) is 11.7. The summed E-state index contributed by atoms with van der Waals surface area (Å²) in [7, 11) is 0. The Morgan fingerprint density at radius 3 is 1.81 bits per heavy atom. The highest BCUT2D eigenvalue weighted by Crippen LogP contribution is 2.45. The van der Waals surface area contributed by atoms with Crippen molar-refractivity contribution in [1.29, 1.82) is 10.5 Å². The average molecular weight is 553 g/mol. The van der Waals surface area contributed by atoms with Gasteiger partial charge in [0.15, 0.2) is 5.69 Å². The zero-order valence-electron chi connectivity index (χ0n) is 22.3. The van der Waals surface area contributed by atoms with E-state index in [-0.39, 0.29) is 17.2 Å². The topological polar surface area (TPSA) is 113 Å². The van der Waals surface area contributed by atoms with Crippen molar-refractivity contribution in [1.82, 2.24) is 9.97 Å². The highest BCUT2D eigenvalue weighted by Gasteiger charge is 2.23. The van der Waals surface area contributed by atoms with E-state index in [0.717, 1.165) is 66.1 Å². The van der Waals surface area contributed by atoms with E-state index >= 15 is 0 Å². The highest BCUT2D eigenvalue weighted by atomic mass is 16.3. The summed E-state index contributed by atoms with van der Waals surface area (Å²) in [6.45, 7) is 0. The monoisotopic (exact) mass is 552 g/mol. The molecule has 43 heavy (non-hydrogen) atoms. The molecular weight excluding hydrogens is 536 g/mol. The van der Waals surface area contributed by atoms with Crippen LogP contribution in [0, 0.1) is 22.7 Å². The van der Waals surface area contributed by atoms with Gasteiger partial charge in [0.25, 0.3) is 0 Å². The lowest BCUT2D eigenvalue weighted by molar-refractivity contribution is 0.652. The van der Waals surface area contributed by atoms with Crippen LogP contribution in [0.15, 0.2) is 110 Å². The van der Waals surface area contributed by atoms with Gasteiger partial charge in [-0.2, -0.15) is 15.5 Å². The molecule has 0 amide bonds. The minimum atomic E-state index is -0.123. The first kappa shape index (κ1) is 23.3. The van der Waals surface area contributed by atoms with E-state index in [1.807, 2.05) is 84.9 Å². The van der Waals surface area contributed by atoms with Gasteiger partial charge in [-0.1, -0.05) is 60.7 Å². The molecule has 0 aliphatic heterocycles. The molecule has 0 radical (unpaired) electrons. The summed E-state index contributed by atoms with van der Waals surface area (Å²) in [5.74, 6) is -0.123. The lowest BCUT2D eigenvalue weighted by Gasteiger charge is -2.10. The number of hydrogen-bond acceptors (Lipinski definition) is 7. The second kappa shape index (κ2) is 8.53. The number of aromatic nitrogens is 2. The molecule has 9 aromatic rings. The Morgan fingerprint density at radius 2 is 1.14 bits per heavy atom. The maximum Gasteiger partial charge on any atom is 0.236 e. The van der Waals surface area contributed by atoms with Gasteiger partial charge in [0.1, 0.15) is 40.1 Å². The molecule has 9 rings (SSSR count). The molecule has 0 unspecified atom stereocenters. The first-order valence-electron chi connectivity index (χ1n) is 13.6. The van der Waals surface area contributed by atoms with Gasteiger partial charge in [-0.15, -0.1) is 0 Å². The fourth-order valence-electron chi connectivity index (χ4n) is 6.28. The fourth-order valence-corrected chi connectivity index (χ4v) is 6.28. The van der Waals surface area contributed by atoms with Gasteiger partial charge in [-0.05, 0) is 53.1 Å². The van der Waals surface area contributed by atoms with Crippen molar-refractivity contribution in [2.45, 2.75) is 0 Å². The van der Waals surface area contributed by atoms with Crippen molar-refractivity contribution < 1.29 is 13.3 Å². The van der Waals surface area contributed by atoms with Crippen LogP contribution in [-0.4, -0.2) is 9.97 Å². The third-order valence-corrected chi connectivity index (χ3v) is 8.04. The number of para-hydroxylation sites is 2. The Bertz CT molecular complexity index is 2710. The SMILES string of the molecule is N#Cc1nc(C#N)c2c(n1)oc1c(-c3cccc4oc5ccccc5c34)cc(-c3cccc4oc5ccccc5c34)cc12. The van der Waals surface area contributed by atoms with Crippen LogP contribution in [0.25, 0.3) is 88.2 Å². The molecule has 198 valence electrons. The Morgan fingerprint density at radius 1 is 0.512 bits per heavy atom. The quantitative estimate of drug-likeness (QED) is 0.210. The smallest absolute Gasteiger partial charge is 0.236 e. The van der Waals surface area contributed by atoms with Crippen LogP contribution in [0.1, 0.15) is 11.5 Å². The molecule has 4 aromatic heterocycles. The number of fused-ring (bicyclic) bond motifs is 9. The zero-order valence-corrected chi connectivity index (χ0v) is 22.3. The summed E-state index contributed by atoms with van der Waals surface area (Å²) in [4.78, 5) is 8.54. The molecule has 0 aliphatic carbocycles. The molecule has 0 saturated heterocycles. The van der Waals surface area contributed by atoms with Gasteiger partial charge in [0.05, 0.1) is 5.39 Å². The number of furan rings is 3. The fraction of sp³-hybridized carbons (Fsp3) is 0. The van der Waals surface area contributed by atoms with Gasteiger partial charge in [-0.3, -0.25) is 0 Å². The van der Waals surface area contributed by atoms with Crippen LogP contribution < -0.4 is 0 Å². The number of nitrogens with zero attached hydrogens (tertiary/aromatic N) is 4. The Hall–Kier alpha value is -6.44. The van der Waals surface area contributed by atoms with Gasteiger partial charge < -0.3 is 13.3 Å². The summed E-state index contributed by atoms with van der Waals surface area (Å²) in [5.41, 5.74) is 7.51. The summed E-state index contributed by atoms with van der Waals surface area (Å²) < 4.78 is 18.8. The minimum absolute atomic E-state index is 0.0855. The van der Waals surface area contributed by atoms with E-state index < -0.39 is 0 Å². The van der Waals surface area contributed by atoms with Crippen molar-refractivity contribution >= 4 is 65.9 Å². The van der Waals surface area contributed by atoms with E-state index in [1.165, 1.54) is 0 Å². The predicted molar refractivity (Wildman–Crippen MR) is 164 cm³/mol. The summed E-state index contributed by atoms with van der Waals surface area (Å²) in [6, 6.07) is 36.1. The molecule has 0 bridgehead atoms. The molecule has 0 spiro atoms. The van der Waals surface area contributed by atoms with E-state index in [4.69, 9.17) is 13.3 Å². The molecular formula is C36H16N4O3. The maximum absolute atomic E-state index is 10.1. The first-order valence-corrected chi connectivity index (χ1v) is 13.6. The third-order valence-electron chi connectivity index (χ3n) is 8.04. The number of rotatable bonds is 2. The molecule has 0 fully saturated rings. The summed E-state index contributed by atoms with van der Waals surface area (Å²) in [6.07, 6.45) is 0. The van der Waals surface area contributed by atoms with Crippen LogP contribution in [-0.2, 0) is 0 Å². The van der Waals surface area contributed by atoms with E-state index in [2.05, 4.69) is 34.2 Å². The lowest BCUT2D eigenvalue weighted by atomic mass is 9.92. The van der Waals surface area contributed by atoms with Crippen molar-refractivity contribution in [2.75, 3.05) is 0 Å². The van der Waals surface area contributed by atoms with E-state index in [0.29, 0.717) is 16.4 Å². The molecule has 0 N–H and O–H groups in total. The predicted octanol–water partition coefficient (Wildman–Crippen LogP) is 9.25. The second-order valence-electron chi connectivity index (χ2n) is 10.4. The molecule has 0 saturated carbocycles. The summed E-state index contributed by atoms with van der Waals surface area (Å²) in [5, 5.41) is 24.7. The third kappa shape index (κ3) is 3.22. The van der Waals surface area contributed by atoms with Crippen molar-refractivity contribution in [2.24, 2.45) is 0 Å². The van der Waals surface area contributed by atoms with Crippen molar-refractivity contribution in [3.05, 3.63) is 109 Å². The van der Waals surface area contributed by atoms with Crippen LogP contribution in [0.2, 0.25) is 0 Å². The van der Waals surface area contributed by atoms with E-state index in [9.17, 15) is 10.5 Å². The zero-order chi connectivity index (χ0) is 28.7. The maximum atomic E-state index is 10.1.